The minimum atomic E-state index is 0.470. The second kappa shape index (κ2) is 7.09. The van der Waals surface area contributed by atoms with Crippen molar-refractivity contribution in [1.29, 1.82) is 0 Å². The smallest absolute Gasteiger partial charge is 0.118 e. The Hall–Kier alpha value is -1.06. The summed E-state index contributed by atoms with van der Waals surface area (Å²) in [5.74, 6) is 0.930. The monoisotopic (exact) mass is 276 g/mol. The Morgan fingerprint density at radius 3 is 2.50 bits per heavy atom. The van der Waals surface area contributed by atoms with Crippen molar-refractivity contribution < 1.29 is 4.74 Å². The van der Waals surface area contributed by atoms with Gasteiger partial charge in [-0.05, 0) is 44.0 Å². The van der Waals surface area contributed by atoms with Gasteiger partial charge in [-0.3, -0.25) is 4.90 Å². The highest BCUT2D eigenvalue weighted by molar-refractivity contribution is 5.29. The zero-order valence-electron chi connectivity index (χ0n) is 13.2. The van der Waals surface area contributed by atoms with E-state index in [2.05, 4.69) is 55.3 Å². The van der Waals surface area contributed by atoms with Gasteiger partial charge in [-0.2, -0.15) is 0 Å². The summed E-state index contributed by atoms with van der Waals surface area (Å²) in [6, 6.07) is 10.1. The Morgan fingerprint density at radius 1 is 1.20 bits per heavy atom. The standard InChI is InChI=1S/C17H28N2O/c1-13(2)18-16-6-5-11-19(12-16)14(3)15-7-9-17(20-4)10-8-15/h7-10,13-14,16,18H,5-6,11-12H2,1-4H3. The van der Waals surface area contributed by atoms with Gasteiger partial charge >= 0.3 is 0 Å². The van der Waals surface area contributed by atoms with Gasteiger partial charge in [0, 0.05) is 24.7 Å². The predicted octanol–water partition coefficient (Wildman–Crippen LogP) is 3.22. The number of piperidine rings is 1. The van der Waals surface area contributed by atoms with Gasteiger partial charge in [0.2, 0.25) is 0 Å². The Kier molecular flexibility index (Phi) is 5.44. The van der Waals surface area contributed by atoms with Crippen LogP contribution in [0.2, 0.25) is 0 Å². The number of hydrogen-bond donors (Lipinski definition) is 1. The minimum absolute atomic E-state index is 0.470. The number of methoxy groups -OCH3 is 1. The van der Waals surface area contributed by atoms with Crippen molar-refractivity contribution in [3.05, 3.63) is 29.8 Å². The quantitative estimate of drug-likeness (QED) is 0.893. The normalized spacial score (nSPS) is 21.9. The number of benzene rings is 1. The van der Waals surface area contributed by atoms with Crippen LogP contribution in [0.3, 0.4) is 0 Å². The summed E-state index contributed by atoms with van der Waals surface area (Å²) >= 11 is 0. The van der Waals surface area contributed by atoms with E-state index in [9.17, 15) is 0 Å². The molecule has 1 fully saturated rings. The molecule has 2 unspecified atom stereocenters. The molecule has 0 saturated carbocycles. The van der Waals surface area contributed by atoms with Crippen LogP contribution in [-0.2, 0) is 0 Å². The average molecular weight is 276 g/mol. The van der Waals surface area contributed by atoms with Crippen molar-refractivity contribution in [1.82, 2.24) is 10.2 Å². The van der Waals surface area contributed by atoms with E-state index in [0.29, 0.717) is 18.1 Å². The number of rotatable bonds is 5. The van der Waals surface area contributed by atoms with E-state index >= 15 is 0 Å². The molecule has 1 saturated heterocycles. The molecule has 1 aromatic carbocycles. The molecule has 112 valence electrons. The maximum Gasteiger partial charge on any atom is 0.118 e. The Morgan fingerprint density at radius 2 is 1.90 bits per heavy atom. The highest BCUT2D eigenvalue weighted by Gasteiger charge is 2.24. The van der Waals surface area contributed by atoms with E-state index in [4.69, 9.17) is 4.74 Å². The van der Waals surface area contributed by atoms with Crippen molar-refractivity contribution in [2.45, 2.75) is 51.7 Å². The first-order chi connectivity index (χ1) is 9.60. The molecule has 1 N–H and O–H groups in total. The summed E-state index contributed by atoms with van der Waals surface area (Å²) in [6.07, 6.45) is 2.58. The molecule has 0 amide bonds. The minimum Gasteiger partial charge on any atom is -0.497 e. The second-order valence-corrected chi connectivity index (χ2v) is 6.10. The molecule has 1 aromatic rings. The number of nitrogens with one attached hydrogen (secondary N) is 1. The van der Waals surface area contributed by atoms with Crippen molar-refractivity contribution >= 4 is 0 Å². The van der Waals surface area contributed by atoms with Crippen LogP contribution >= 0.6 is 0 Å². The zero-order chi connectivity index (χ0) is 14.5. The molecule has 0 bridgehead atoms. The van der Waals surface area contributed by atoms with Gasteiger partial charge in [0.1, 0.15) is 5.75 Å². The number of ether oxygens (including phenoxy) is 1. The Labute approximate surface area is 123 Å². The molecule has 3 nitrogen and oxygen atoms in total. The van der Waals surface area contributed by atoms with Crippen LogP contribution in [0.4, 0.5) is 0 Å². The maximum atomic E-state index is 5.23. The lowest BCUT2D eigenvalue weighted by Gasteiger charge is -2.38. The van der Waals surface area contributed by atoms with Crippen LogP contribution in [0.1, 0.15) is 45.2 Å². The van der Waals surface area contributed by atoms with Crippen molar-refractivity contribution in [3.63, 3.8) is 0 Å². The summed E-state index contributed by atoms with van der Waals surface area (Å²) in [5.41, 5.74) is 1.37. The fourth-order valence-electron chi connectivity index (χ4n) is 3.06. The third-order valence-corrected chi connectivity index (χ3v) is 4.17. The lowest BCUT2D eigenvalue weighted by atomic mass is 10.00. The summed E-state index contributed by atoms with van der Waals surface area (Å²) in [7, 11) is 1.71. The summed E-state index contributed by atoms with van der Waals surface area (Å²) < 4.78 is 5.23. The van der Waals surface area contributed by atoms with E-state index in [1.165, 1.54) is 24.9 Å². The van der Waals surface area contributed by atoms with Gasteiger partial charge < -0.3 is 10.1 Å². The van der Waals surface area contributed by atoms with Crippen LogP contribution in [0.25, 0.3) is 0 Å². The molecular formula is C17H28N2O. The van der Waals surface area contributed by atoms with Crippen molar-refractivity contribution in [2.24, 2.45) is 0 Å². The van der Waals surface area contributed by atoms with Crippen LogP contribution in [0, 0.1) is 0 Å². The third kappa shape index (κ3) is 3.97. The first kappa shape index (κ1) is 15.3. The average Bonchev–Trinajstić information content (AvgIpc) is 2.46. The summed E-state index contributed by atoms with van der Waals surface area (Å²) in [6.45, 7) is 9.10. The van der Waals surface area contributed by atoms with Gasteiger partial charge in [-0.15, -0.1) is 0 Å². The highest BCUT2D eigenvalue weighted by Crippen LogP contribution is 2.25. The summed E-state index contributed by atoms with van der Waals surface area (Å²) in [4.78, 5) is 2.59. The molecular weight excluding hydrogens is 248 g/mol. The van der Waals surface area contributed by atoms with E-state index < -0.39 is 0 Å². The molecule has 1 heterocycles. The van der Waals surface area contributed by atoms with Gasteiger partial charge in [0.15, 0.2) is 0 Å². The first-order valence-corrected chi connectivity index (χ1v) is 7.74. The molecule has 3 heteroatoms. The lowest BCUT2D eigenvalue weighted by Crippen LogP contribution is -2.48. The van der Waals surface area contributed by atoms with Crippen LogP contribution in [0.15, 0.2) is 24.3 Å². The van der Waals surface area contributed by atoms with E-state index in [1.54, 1.807) is 7.11 Å². The Bertz CT molecular complexity index is 402. The Balaban J connectivity index is 1.98. The van der Waals surface area contributed by atoms with Crippen molar-refractivity contribution in [2.75, 3.05) is 20.2 Å². The van der Waals surface area contributed by atoms with E-state index in [1.807, 2.05) is 0 Å². The maximum absolute atomic E-state index is 5.23. The van der Waals surface area contributed by atoms with E-state index in [-0.39, 0.29) is 0 Å². The van der Waals surface area contributed by atoms with Crippen LogP contribution in [0.5, 0.6) is 5.75 Å². The topological polar surface area (TPSA) is 24.5 Å². The molecule has 1 aliphatic heterocycles. The third-order valence-electron chi connectivity index (χ3n) is 4.17. The van der Waals surface area contributed by atoms with Crippen LogP contribution in [-0.4, -0.2) is 37.2 Å². The molecule has 20 heavy (non-hydrogen) atoms. The fraction of sp³-hybridized carbons (Fsp3) is 0.647. The highest BCUT2D eigenvalue weighted by atomic mass is 16.5. The number of nitrogens with zero attached hydrogens (tertiary/aromatic N) is 1. The molecule has 1 aliphatic rings. The number of likely N-dealkylation sites (tertiary alicyclic amines) is 1. The molecule has 0 aromatic heterocycles. The van der Waals surface area contributed by atoms with Gasteiger partial charge in [0.05, 0.1) is 7.11 Å². The lowest BCUT2D eigenvalue weighted by molar-refractivity contribution is 0.142. The molecule has 2 rings (SSSR count). The molecule has 0 radical (unpaired) electrons. The van der Waals surface area contributed by atoms with Gasteiger partial charge in [0.25, 0.3) is 0 Å². The predicted molar refractivity (Wildman–Crippen MR) is 84.3 cm³/mol. The molecule has 0 spiro atoms. The largest absolute Gasteiger partial charge is 0.497 e. The molecule has 2 atom stereocenters. The van der Waals surface area contributed by atoms with Crippen molar-refractivity contribution in [3.8, 4) is 5.75 Å². The van der Waals surface area contributed by atoms with Gasteiger partial charge in [-0.25, -0.2) is 0 Å². The van der Waals surface area contributed by atoms with Gasteiger partial charge in [-0.1, -0.05) is 26.0 Å². The SMILES string of the molecule is COc1ccc(C(C)N2CCCC(NC(C)C)C2)cc1. The number of hydrogen-bond acceptors (Lipinski definition) is 3. The molecule has 0 aliphatic carbocycles. The zero-order valence-corrected chi connectivity index (χ0v) is 13.2. The first-order valence-electron chi connectivity index (χ1n) is 7.74. The van der Waals surface area contributed by atoms with E-state index in [0.717, 1.165) is 12.3 Å². The summed E-state index contributed by atoms with van der Waals surface area (Å²) in [5, 5.41) is 3.67. The second-order valence-electron chi connectivity index (χ2n) is 6.10. The fourth-order valence-corrected chi connectivity index (χ4v) is 3.06. The van der Waals surface area contributed by atoms with Crippen LogP contribution < -0.4 is 10.1 Å².